The number of hydrogen-bond donors (Lipinski definition) is 1. The van der Waals surface area contributed by atoms with Crippen molar-refractivity contribution in [3.63, 3.8) is 0 Å². The van der Waals surface area contributed by atoms with Crippen molar-refractivity contribution in [3.05, 3.63) is 57.6 Å². The van der Waals surface area contributed by atoms with Crippen LogP contribution in [0.25, 0.3) is 0 Å². The monoisotopic (exact) mass is 702 g/mol. The van der Waals surface area contributed by atoms with Gasteiger partial charge in [-0.3, -0.25) is 0 Å². The molecule has 0 atom stereocenters. The van der Waals surface area contributed by atoms with Gasteiger partial charge in [-0.05, 0) is 129 Å². The number of carboxylic acid groups (broad SMARTS) is 1. The molecule has 2 aliphatic rings. The number of nitrogens with zero attached hydrogens (tertiary/aromatic N) is 4. The number of rotatable bonds is 8. The van der Waals surface area contributed by atoms with Gasteiger partial charge in [0.05, 0.1) is 29.4 Å². The van der Waals surface area contributed by atoms with Crippen LogP contribution in [0.4, 0.5) is 37.7 Å². The number of carbonyl (C=O) groups is 2. The molecular weight excluding hydrogens is 654 g/mol. The zero-order valence-corrected chi connectivity index (χ0v) is 29.3. The molecule has 4 rings (SSSR count). The molecule has 0 radical (unpaired) electrons. The summed E-state index contributed by atoms with van der Waals surface area (Å²) in [7, 11) is 5.23. The highest BCUT2D eigenvalue weighted by molar-refractivity contribution is 5.93. The molecular formula is C35H48F6N4O4. The number of aromatic carboxylic acids is 1. The molecule has 0 aliphatic carbocycles. The van der Waals surface area contributed by atoms with Crippen LogP contribution in [0.15, 0.2) is 24.3 Å². The second kappa shape index (κ2) is 16.5. The Labute approximate surface area is 284 Å². The third-order valence-electron chi connectivity index (χ3n) is 9.61. The Morgan fingerprint density at radius 1 is 0.735 bits per heavy atom. The van der Waals surface area contributed by atoms with Gasteiger partial charge in [0.2, 0.25) is 0 Å². The lowest BCUT2D eigenvalue weighted by Gasteiger charge is -2.39. The first-order chi connectivity index (χ1) is 22.8. The number of hydrogen-bond acceptors (Lipinski definition) is 7. The normalized spacial score (nSPS) is 16.9. The van der Waals surface area contributed by atoms with Gasteiger partial charge in [-0.1, -0.05) is 0 Å². The fraction of sp³-hybridized carbons (Fsp3) is 0.600. The Balaban J connectivity index is 0.000000266. The van der Waals surface area contributed by atoms with E-state index in [1.807, 2.05) is 37.7 Å². The maximum Gasteiger partial charge on any atom is 0.416 e. The Bertz CT molecular complexity index is 1450. The van der Waals surface area contributed by atoms with Gasteiger partial charge in [-0.25, -0.2) is 9.59 Å². The van der Waals surface area contributed by atoms with Crippen LogP contribution in [-0.4, -0.2) is 99.4 Å². The minimum Gasteiger partial charge on any atom is -0.478 e. The van der Waals surface area contributed by atoms with Crippen LogP contribution in [0.3, 0.4) is 0 Å². The van der Waals surface area contributed by atoms with Gasteiger partial charge in [0.1, 0.15) is 0 Å². The van der Waals surface area contributed by atoms with Gasteiger partial charge >= 0.3 is 24.3 Å². The predicted octanol–water partition coefficient (Wildman–Crippen LogP) is 7.35. The summed E-state index contributed by atoms with van der Waals surface area (Å²) in [4.78, 5) is 31.7. The molecule has 0 bridgehead atoms. The molecule has 2 aromatic carbocycles. The van der Waals surface area contributed by atoms with E-state index in [-0.39, 0.29) is 23.2 Å². The van der Waals surface area contributed by atoms with Crippen molar-refractivity contribution in [2.24, 2.45) is 0 Å². The van der Waals surface area contributed by atoms with E-state index < -0.39 is 35.4 Å². The zero-order valence-electron chi connectivity index (χ0n) is 29.3. The smallest absolute Gasteiger partial charge is 0.416 e. The molecule has 49 heavy (non-hydrogen) atoms. The number of likely N-dealkylation sites (tertiary alicyclic amines) is 2. The van der Waals surface area contributed by atoms with Crippen LogP contribution in [0.1, 0.15) is 82.5 Å². The van der Waals surface area contributed by atoms with E-state index in [2.05, 4.69) is 14.5 Å². The largest absolute Gasteiger partial charge is 0.478 e. The van der Waals surface area contributed by atoms with Crippen LogP contribution in [0.5, 0.6) is 0 Å². The number of alkyl halides is 6. The van der Waals surface area contributed by atoms with Crippen LogP contribution >= 0.6 is 0 Å². The van der Waals surface area contributed by atoms with E-state index >= 15 is 0 Å². The first-order valence-corrected chi connectivity index (χ1v) is 16.5. The number of ether oxygens (including phenoxy) is 1. The molecule has 2 heterocycles. The summed E-state index contributed by atoms with van der Waals surface area (Å²) in [5.74, 6) is -2.08. The molecule has 0 unspecified atom stereocenters. The fourth-order valence-electron chi connectivity index (χ4n) is 6.73. The van der Waals surface area contributed by atoms with Crippen molar-refractivity contribution < 1.29 is 45.8 Å². The fourth-order valence-corrected chi connectivity index (χ4v) is 6.73. The first-order valence-electron chi connectivity index (χ1n) is 16.5. The summed E-state index contributed by atoms with van der Waals surface area (Å²) in [6, 6.07) is 4.13. The van der Waals surface area contributed by atoms with Crippen molar-refractivity contribution in [2.75, 3.05) is 70.3 Å². The zero-order chi connectivity index (χ0) is 36.8. The van der Waals surface area contributed by atoms with Crippen molar-refractivity contribution in [3.8, 4) is 0 Å². The molecule has 14 heteroatoms. The van der Waals surface area contributed by atoms with Crippen LogP contribution in [0, 0.1) is 13.8 Å². The standard InChI is InChI=1S/C18H25F3N2O2.C17H23F3N2O2/c1-5-23(14-6-8-22(3)9-7-14)16-11-13(18(19,20)21)10-15(12(16)2)17(24)25-4;1-4-22(13-5-7-21(3)8-6-13)15-10-12(17(18,19)20)9-14(11(15)2)16(23)24/h10-11,14H,5-9H2,1-4H3;9-10,13H,4-8H2,1-3H3,(H,23,24). The minimum absolute atomic E-state index is 0.0290. The topological polar surface area (TPSA) is 76.6 Å². The highest BCUT2D eigenvalue weighted by Gasteiger charge is 2.36. The average Bonchev–Trinajstić information content (AvgIpc) is 3.03. The minimum atomic E-state index is -4.57. The Kier molecular flexibility index (Phi) is 13.4. The average molecular weight is 703 g/mol. The van der Waals surface area contributed by atoms with Crippen molar-refractivity contribution >= 4 is 23.3 Å². The highest BCUT2D eigenvalue weighted by Crippen LogP contribution is 2.38. The Morgan fingerprint density at radius 3 is 1.39 bits per heavy atom. The Hall–Kier alpha value is -3.52. The molecule has 8 nitrogen and oxygen atoms in total. The third kappa shape index (κ3) is 9.80. The summed E-state index contributed by atoms with van der Waals surface area (Å²) in [5, 5.41) is 9.29. The van der Waals surface area contributed by atoms with E-state index in [1.54, 1.807) is 13.8 Å². The molecule has 1 N–H and O–H groups in total. The summed E-state index contributed by atoms with van der Waals surface area (Å²) < 4.78 is 84.2. The van der Waals surface area contributed by atoms with Gasteiger partial charge in [0.25, 0.3) is 0 Å². The maximum absolute atomic E-state index is 13.3. The molecule has 0 spiro atoms. The number of halogens is 6. The van der Waals surface area contributed by atoms with E-state index in [0.29, 0.717) is 35.6 Å². The van der Waals surface area contributed by atoms with E-state index in [4.69, 9.17) is 0 Å². The van der Waals surface area contributed by atoms with E-state index in [1.165, 1.54) is 7.11 Å². The number of carbonyl (C=O) groups excluding carboxylic acids is 1. The lowest BCUT2D eigenvalue weighted by atomic mass is 9.97. The van der Waals surface area contributed by atoms with Gasteiger partial charge in [0.15, 0.2) is 0 Å². The number of esters is 1. The molecule has 2 saturated heterocycles. The molecule has 2 aromatic rings. The van der Waals surface area contributed by atoms with Gasteiger partial charge < -0.3 is 29.4 Å². The molecule has 2 fully saturated rings. The van der Waals surface area contributed by atoms with Gasteiger partial charge in [-0.15, -0.1) is 0 Å². The summed E-state index contributed by atoms with van der Waals surface area (Å²) >= 11 is 0. The summed E-state index contributed by atoms with van der Waals surface area (Å²) in [5.41, 5.74) is -0.292. The van der Waals surface area contributed by atoms with Crippen LogP contribution < -0.4 is 9.80 Å². The molecule has 274 valence electrons. The quantitative estimate of drug-likeness (QED) is 0.226. The van der Waals surface area contributed by atoms with Crippen molar-refractivity contribution in [1.29, 1.82) is 0 Å². The lowest BCUT2D eigenvalue weighted by Crippen LogP contribution is -2.44. The van der Waals surface area contributed by atoms with E-state index in [0.717, 1.165) is 76.1 Å². The number of anilines is 2. The van der Waals surface area contributed by atoms with E-state index in [9.17, 15) is 41.0 Å². The second-order valence-corrected chi connectivity index (χ2v) is 12.8. The number of piperidine rings is 2. The molecule has 2 aliphatic heterocycles. The van der Waals surface area contributed by atoms with Crippen molar-refractivity contribution in [1.82, 2.24) is 9.80 Å². The Morgan fingerprint density at radius 2 is 1.08 bits per heavy atom. The molecule has 0 amide bonds. The van der Waals surface area contributed by atoms with Crippen molar-refractivity contribution in [2.45, 2.75) is 77.8 Å². The third-order valence-corrected chi connectivity index (χ3v) is 9.61. The maximum atomic E-state index is 13.3. The molecule has 0 aromatic heterocycles. The second-order valence-electron chi connectivity index (χ2n) is 12.8. The first kappa shape index (κ1) is 39.9. The number of methoxy groups -OCH3 is 1. The summed E-state index contributed by atoms with van der Waals surface area (Å²) in [6.07, 6.45) is -5.62. The van der Waals surface area contributed by atoms with Crippen LogP contribution in [0.2, 0.25) is 0 Å². The number of benzene rings is 2. The van der Waals surface area contributed by atoms with Gasteiger partial charge in [-0.2, -0.15) is 26.3 Å². The SMILES string of the molecule is CCN(c1cc(C(F)(F)F)cc(C(=O)O)c1C)C1CCN(C)CC1.CCN(c1cc(C(F)(F)F)cc(C(=O)OC)c1C)C1CCN(C)CC1. The number of carboxylic acids is 1. The lowest BCUT2D eigenvalue weighted by molar-refractivity contribution is -0.138. The molecule has 0 saturated carbocycles. The summed E-state index contributed by atoms with van der Waals surface area (Å²) in [6.45, 7) is 11.8. The van der Waals surface area contributed by atoms with Crippen LogP contribution in [-0.2, 0) is 17.1 Å². The highest BCUT2D eigenvalue weighted by atomic mass is 19.4. The predicted molar refractivity (Wildman–Crippen MR) is 178 cm³/mol. The van der Waals surface area contributed by atoms with Gasteiger partial charge in [0, 0.05) is 36.5 Å².